The molecule has 0 aliphatic rings. The number of carbonyl (C=O) groups excluding carboxylic acids is 1. The highest BCUT2D eigenvalue weighted by Gasteiger charge is 2.17. The maximum atomic E-state index is 12.5. The zero-order valence-electron chi connectivity index (χ0n) is 13.8. The van der Waals surface area contributed by atoms with E-state index in [2.05, 4.69) is 15.9 Å². The van der Waals surface area contributed by atoms with Gasteiger partial charge in [0.15, 0.2) is 0 Å². The lowest BCUT2D eigenvalue weighted by atomic mass is 10.2. The van der Waals surface area contributed by atoms with Crippen LogP contribution in [0, 0.1) is 0 Å². The van der Waals surface area contributed by atoms with Crippen molar-refractivity contribution < 1.29 is 19.1 Å². The van der Waals surface area contributed by atoms with Crippen molar-refractivity contribution in [2.75, 3.05) is 12.8 Å². The molecule has 26 heavy (non-hydrogen) atoms. The second kappa shape index (κ2) is 9.70. The van der Waals surface area contributed by atoms with Crippen molar-refractivity contribution in [3.8, 4) is 11.3 Å². The molecule has 0 bridgehead atoms. The van der Waals surface area contributed by atoms with Crippen LogP contribution in [-0.2, 0) is 9.59 Å². The molecule has 0 aliphatic carbocycles. The van der Waals surface area contributed by atoms with Crippen molar-refractivity contribution in [2.24, 2.45) is 0 Å². The molecule has 0 atom stereocenters. The number of halogens is 1. The van der Waals surface area contributed by atoms with E-state index in [4.69, 9.17) is 21.7 Å². The first-order valence-electron chi connectivity index (χ1n) is 7.54. The summed E-state index contributed by atoms with van der Waals surface area (Å²) >= 11 is 9.47. The largest absolute Gasteiger partial charge is 0.481 e. The lowest BCUT2D eigenvalue weighted by molar-refractivity contribution is -0.137. The van der Waals surface area contributed by atoms with Gasteiger partial charge in [-0.2, -0.15) is 0 Å². The van der Waals surface area contributed by atoms with Crippen LogP contribution in [0.2, 0.25) is 0 Å². The van der Waals surface area contributed by atoms with E-state index in [1.165, 1.54) is 22.2 Å². The van der Waals surface area contributed by atoms with Crippen molar-refractivity contribution >= 4 is 63.4 Å². The van der Waals surface area contributed by atoms with Crippen molar-refractivity contribution in [1.29, 1.82) is 0 Å². The Morgan fingerprint density at radius 3 is 2.54 bits per heavy atom. The molecule has 0 unspecified atom stereocenters. The summed E-state index contributed by atoms with van der Waals surface area (Å²) in [7, 11) is 0. The first kappa shape index (κ1) is 20.4. The minimum absolute atomic E-state index is 0.0257. The first-order valence-corrected chi connectivity index (χ1v) is 10.0. The number of thiocarbonyl (C=S) groups is 1. The number of rotatable bonds is 8. The van der Waals surface area contributed by atoms with Gasteiger partial charge in [0.2, 0.25) is 0 Å². The third kappa shape index (κ3) is 5.55. The molecule has 1 amide bonds. The fraction of sp³-hybridized carbons (Fsp3) is 0.167. The molecule has 0 aliphatic heterocycles. The molecule has 1 aromatic carbocycles. The Morgan fingerprint density at radius 2 is 1.96 bits per heavy atom. The summed E-state index contributed by atoms with van der Waals surface area (Å²) in [6.07, 6.45) is 3.22. The molecule has 1 N–H and O–H groups in total. The van der Waals surface area contributed by atoms with Gasteiger partial charge in [-0.15, -0.1) is 11.8 Å². The summed E-state index contributed by atoms with van der Waals surface area (Å²) in [5, 5.41) is 8.78. The Bertz CT molecular complexity index is 830. The number of hydrogen-bond donors (Lipinski definition) is 1. The smallest absolute Gasteiger partial charge is 0.305 e. The number of furan rings is 1. The molecule has 5 nitrogen and oxygen atoms in total. The normalized spacial score (nSPS) is 11.2. The predicted molar refractivity (Wildman–Crippen MR) is 111 cm³/mol. The molecular weight excluding hydrogens is 438 g/mol. The summed E-state index contributed by atoms with van der Waals surface area (Å²) in [5.41, 5.74) is 2.09. The number of nitrogens with zero attached hydrogens (tertiary/aromatic N) is 1. The fourth-order valence-electron chi connectivity index (χ4n) is 2.10. The van der Waals surface area contributed by atoms with Crippen molar-refractivity contribution in [3.63, 3.8) is 0 Å². The number of aliphatic carboxylic acids is 1. The number of amides is 1. The minimum Gasteiger partial charge on any atom is -0.481 e. The SMILES string of the molecule is CS/C(=C\c1ccc(-c2ccc(Br)cc2)o1)C(=O)N(C=S)CCC(=O)O. The zero-order chi connectivity index (χ0) is 19.1. The fourth-order valence-corrected chi connectivity index (χ4v) is 3.09. The van der Waals surface area contributed by atoms with E-state index in [0.29, 0.717) is 16.4 Å². The molecule has 136 valence electrons. The van der Waals surface area contributed by atoms with Gasteiger partial charge in [0.1, 0.15) is 11.5 Å². The van der Waals surface area contributed by atoms with E-state index < -0.39 is 5.97 Å². The zero-order valence-corrected chi connectivity index (χ0v) is 17.1. The van der Waals surface area contributed by atoms with Crippen molar-refractivity contribution in [1.82, 2.24) is 4.90 Å². The standard InChI is InChI=1S/C18H16BrNO4S2/c1-26-16(18(23)20(11-25)9-8-17(21)22)10-14-6-7-15(24-14)12-2-4-13(19)5-3-12/h2-7,10-11H,8-9H2,1H3,(H,21,22)/b16-10-. The Balaban J connectivity index is 2.19. The number of carboxylic acid groups (broad SMARTS) is 1. The van der Waals surface area contributed by atoms with Crippen molar-refractivity contribution in [2.45, 2.75) is 6.42 Å². The molecule has 0 spiro atoms. The Labute approximate surface area is 169 Å². The van der Waals surface area contributed by atoms with Crippen LogP contribution in [0.3, 0.4) is 0 Å². The van der Waals surface area contributed by atoms with Crippen LogP contribution in [0.5, 0.6) is 0 Å². The van der Waals surface area contributed by atoms with E-state index in [1.807, 2.05) is 30.3 Å². The number of benzene rings is 1. The molecule has 0 saturated heterocycles. The molecule has 0 saturated carbocycles. The van der Waals surface area contributed by atoms with Crippen molar-refractivity contribution in [3.05, 3.63) is 51.5 Å². The van der Waals surface area contributed by atoms with E-state index >= 15 is 0 Å². The minimum atomic E-state index is -0.987. The predicted octanol–water partition coefficient (Wildman–Crippen LogP) is 4.67. The molecule has 2 rings (SSSR count). The Kier molecular flexibility index (Phi) is 7.62. The van der Waals surface area contributed by atoms with E-state index in [9.17, 15) is 9.59 Å². The van der Waals surface area contributed by atoms with Crippen LogP contribution in [0.25, 0.3) is 17.4 Å². The maximum absolute atomic E-state index is 12.5. The van der Waals surface area contributed by atoms with Gasteiger partial charge >= 0.3 is 5.97 Å². The van der Waals surface area contributed by atoms with Crippen LogP contribution < -0.4 is 0 Å². The molecule has 1 aromatic heterocycles. The molecule has 2 aromatic rings. The number of hydrogen-bond acceptors (Lipinski definition) is 5. The molecule has 1 heterocycles. The Morgan fingerprint density at radius 1 is 1.27 bits per heavy atom. The number of thioether (sulfide) groups is 1. The van der Waals surface area contributed by atoms with Gasteiger partial charge in [-0.3, -0.25) is 9.59 Å². The van der Waals surface area contributed by atoms with Crippen LogP contribution in [0.15, 0.2) is 50.2 Å². The summed E-state index contributed by atoms with van der Waals surface area (Å²) in [6, 6.07) is 11.3. The van der Waals surface area contributed by atoms with Gasteiger partial charge in [-0.25, -0.2) is 0 Å². The first-order chi connectivity index (χ1) is 12.4. The van der Waals surface area contributed by atoms with E-state index in [0.717, 1.165) is 10.0 Å². The van der Waals surface area contributed by atoms with Crippen LogP contribution >= 0.6 is 39.9 Å². The monoisotopic (exact) mass is 453 g/mol. The van der Waals surface area contributed by atoms with E-state index in [-0.39, 0.29) is 18.9 Å². The average Bonchev–Trinajstić information content (AvgIpc) is 3.09. The van der Waals surface area contributed by atoms with Gasteiger partial charge in [-0.05, 0) is 36.6 Å². The third-order valence-corrected chi connectivity index (χ3v) is 4.93. The van der Waals surface area contributed by atoms with Gasteiger partial charge in [0.25, 0.3) is 5.91 Å². The maximum Gasteiger partial charge on any atom is 0.305 e. The molecule has 0 fully saturated rings. The van der Waals surface area contributed by atoms with Gasteiger partial charge in [0.05, 0.1) is 16.8 Å². The van der Waals surface area contributed by atoms with Crippen LogP contribution in [-0.4, -0.2) is 40.2 Å². The summed E-state index contributed by atoms with van der Waals surface area (Å²) < 4.78 is 6.77. The van der Waals surface area contributed by atoms with Gasteiger partial charge < -0.3 is 14.4 Å². The van der Waals surface area contributed by atoms with Crippen LogP contribution in [0.4, 0.5) is 0 Å². The van der Waals surface area contributed by atoms with E-state index in [1.54, 1.807) is 18.4 Å². The summed E-state index contributed by atoms with van der Waals surface area (Å²) in [6.45, 7) is 0.0257. The van der Waals surface area contributed by atoms with Gasteiger partial charge in [-0.1, -0.05) is 40.3 Å². The highest BCUT2D eigenvalue weighted by Crippen LogP contribution is 2.26. The number of carboxylic acids is 1. The Hall–Kier alpha value is -1.90. The second-order valence-corrected chi connectivity index (χ2v) is 7.14. The van der Waals surface area contributed by atoms with Crippen LogP contribution in [0.1, 0.15) is 12.2 Å². The van der Waals surface area contributed by atoms with Gasteiger partial charge in [0, 0.05) is 16.6 Å². The number of carbonyl (C=O) groups is 2. The lowest BCUT2D eigenvalue weighted by Crippen LogP contribution is -2.31. The third-order valence-electron chi connectivity index (χ3n) is 3.41. The summed E-state index contributed by atoms with van der Waals surface area (Å²) in [5.74, 6) is -0.118. The average molecular weight is 454 g/mol. The second-order valence-electron chi connectivity index (χ2n) is 5.17. The lowest BCUT2D eigenvalue weighted by Gasteiger charge is -2.16. The summed E-state index contributed by atoms with van der Waals surface area (Å²) in [4.78, 5) is 24.9. The topological polar surface area (TPSA) is 70.8 Å². The molecule has 0 radical (unpaired) electrons. The highest BCUT2D eigenvalue weighted by atomic mass is 79.9. The molecule has 8 heteroatoms. The molecular formula is C18H16BrNO4S2. The highest BCUT2D eigenvalue weighted by molar-refractivity contribution is 9.10. The quantitative estimate of drug-likeness (QED) is 0.462.